The molecule has 0 aromatic carbocycles. The Hall–Kier alpha value is -1.13. The molecule has 0 aliphatic carbocycles. The first kappa shape index (κ1) is 14.9. The number of nitrogens with zero attached hydrogens (tertiary/aromatic N) is 2. The molecule has 18 heavy (non-hydrogen) atoms. The molecule has 0 saturated carbocycles. The van der Waals surface area contributed by atoms with E-state index in [0.717, 1.165) is 18.5 Å². The lowest BCUT2D eigenvalue weighted by Crippen LogP contribution is -2.31. The van der Waals surface area contributed by atoms with Crippen LogP contribution in [-0.2, 0) is 16.1 Å². The van der Waals surface area contributed by atoms with E-state index in [9.17, 15) is 4.79 Å². The van der Waals surface area contributed by atoms with Gasteiger partial charge in [0.2, 0.25) is 0 Å². The van der Waals surface area contributed by atoms with Crippen LogP contribution in [0.4, 0.5) is 0 Å². The maximum atomic E-state index is 11.5. The Kier molecular flexibility index (Phi) is 6.68. The first-order valence-electron chi connectivity index (χ1n) is 6.13. The van der Waals surface area contributed by atoms with Crippen molar-refractivity contribution in [1.29, 1.82) is 0 Å². The summed E-state index contributed by atoms with van der Waals surface area (Å²) < 4.78 is 4.96. The molecule has 0 aliphatic heterocycles. The van der Waals surface area contributed by atoms with Crippen LogP contribution in [-0.4, -0.2) is 35.5 Å². The van der Waals surface area contributed by atoms with Gasteiger partial charge in [-0.15, -0.1) is 0 Å². The molecule has 0 amide bonds. The summed E-state index contributed by atoms with van der Waals surface area (Å²) in [5.74, 6) is -0.198. The average molecular weight is 271 g/mol. The number of rotatable bonds is 7. The molecule has 0 unspecified atom stereocenters. The molecule has 1 aromatic heterocycles. The Morgan fingerprint density at radius 1 is 1.50 bits per heavy atom. The highest BCUT2D eigenvalue weighted by Crippen LogP contribution is 2.15. The summed E-state index contributed by atoms with van der Waals surface area (Å²) >= 11 is 6.06. The summed E-state index contributed by atoms with van der Waals surface area (Å²) in [5, 5.41) is 0.627. The average Bonchev–Trinajstić information content (AvgIpc) is 2.32. The molecular formula is C13H19ClN2O2. The minimum absolute atomic E-state index is 0.198. The molecule has 100 valence electrons. The van der Waals surface area contributed by atoms with Crippen LogP contribution < -0.4 is 0 Å². The van der Waals surface area contributed by atoms with Gasteiger partial charge in [-0.05, 0) is 31.5 Å². The summed E-state index contributed by atoms with van der Waals surface area (Å²) in [6, 6.07) is 1.87. The van der Waals surface area contributed by atoms with Gasteiger partial charge in [0.15, 0.2) is 0 Å². The second-order valence-electron chi connectivity index (χ2n) is 3.98. The van der Waals surface area contributed by atoms with Crippen molar-refractivity contribution >= 4 is 17.6 Å². The first-order valence-corrected chi connectivity index (χ1v) is 6.51. The second-order valence-corrected chi connectivity index (χ2v) is 4.39. The van der Waals surface area contributed by atoms with Gasteiger partial charge < -0.3 is 4.74 Å². The fourth-order valence-corrected chi connectivity index (χ4v) is 1.87. The largest absolute Gasteiger partial charge is 0.465 e. The van der Waals surface area contributed by atoms with Crippen LogP contribution in [0.25, 0.3) is 0 Å². The Morgan fingerprint density at radius 3 is 2.89 bits per heavy atom. The lowest BCUT2D eigenvalue weighted by atomic mass is 10.2. The Bertz CT molecular complexity index is 385. The predicted octanol–water partition coefficient (Wildman–Crippen LogP) is 2.51. The van der Waals surface area contributed by atoms with Crippen molar-refractivity contribution in [2.75, 3.05) is 19.7 Å². The molecule has 0 saturated heterocycles. The van der Waals surface area contributed by atoms with E-state index in [1.54, 1.807) is 12.4 Å². The summed E-state index contributed by atoms with van der Waals surface area (Å²) in [7, 11) is 0. The number of hydrogen-bond donors (Lipinski definition) is 0. The van der Waals surface area contributed by atoms with E-state index in [0.29, 0.717) is 24.7 Å². The third kappa shape index (κ3) is 5.02. The molecule has 1 aromatic rings. The van der Waals surface area contributed by atoms with Gasteiger partial charge in [-0.1, -0.05) is 18.5 Å². The molecule has 4 nitrogen and oxygen atoms in total. The normalized spacial score (nSPS) is 10.7. The van der Waals surface area contributed by atoms with Crippen LogP contribution in [0.1, 0.15) is 25.8 Å². The van der Waals surface area contributed by atoms with Gasteiger partial charge in [0.1, 0.15) is 0 Å². The minimum Gasteiger partial charge on any atom is -0.465 e. The quantitative estimate of drug-likeness (QED) is 0.714. The van der Waals surface area contributed by atoms with Crippen molar-refractivity contribution in [2.24, 2.45) is 0 Å². The molecule has 5 heteroatoms. The number of pyridine rings is 1. The number of hydrogen-bond acceptors (Lipinski definition) is 4. The van der Waals surface area contributed by atoms with E-state index in [1.807, 2.05) is 17.9 Å². The number of halogens is 1. The second kappa shape index (κ2) is 8.06. The molecule has 0 atom stereocenters. The standard InChI is InChI=1S/C13H19ClN2O2/c1-3-7-16(10-13(17)18-4-2)9-11-5-6-15-8-12(11)14/h5-6,8H,3-4,7,9-10H2,1-2H3. The van der Waals surface area contributed by atoms with Crippen LogP contribution >= 0.6 is 11.6 Å². The topological polar surface area (TPSA) is 42.4 Å². The van der Waals surface area contributed by atoms with Gasteiger partial charge >= 0.3 is 5.97 Å². The maximum Gasteiger partial charge on any atom is 0.320 e. The molecule has 0 radical (unpaired) electrons. The molecule has 0 fully saturated rings. The highest BCUT2D eigenvalue weighted by atomic mass is 35.5. The first-order chi connectivity index (χ1) is 8.67. The van der Waals surface area contributed by atoms with Crippen molar-refractivity contribution in [3.05, 3.63) is 29.0 Å². The zero-order chi connectivity index (χ0) is 13.4. The van der Waals surface area contributed by atoms with Crippen molar-refractivity contribution < 1.29 is 9.53 Å². The number of ether oxygens (including phenoxy) is 1. The van der Waals surface area contributed by atoms with E-state index in [2.05, 4.69) is 11.9 Å². The van der Waals surface area contributed by atoms with Crippen molar-refractivity contribution in [3.8, 4) is 0 Å². The van der Waals surface area contributed by atoms with Gasteiger partial charge in [-0.3, -0.25) is 14.7 Å². The Labute approximate surface area is 113 Å². The highest BCUT2D eigenvalue weighted by Gasteiger charge is 2.12. The summed E-state index contributed by atoms with van der Waals surface area (Å²) in [5.41, 5.74) is 0.976. The predicted molar refractivity (Wildman–Crippen MR) is 71.4 cm³/mol. The van der Waals surface area contributed by atoms with Gasteiger partial charge in [-0.25, -0.2) is 0 Å². The van der Waals surface area contributed by atoms with Gasteiger partial charge in [0, 0.05) is 18.9 Å². The molecule has 0 bridgehead atoms. The van der Waals surface area contributed by atoms with Gasteiger partial charge in [-0.2, -0.15) is 0 Å². The van der Waals surface area contributed by atoms with E-state index >= 15 is 0 Å². The SMILES string of the molecule is CCCN(CC(=O)OCC)Cc1ccncc1Cl. The summed E-state index contributed by atoms with van der Waals surface area (Å²) in [6.07, 6.45) is 4.29. The zero-order valence-corrected chi connectivity index (χ0v) is 11.6. The number of carbonyl (C=O) groups is 1. The lowest BCUT2D eigenvalue weighted by molar-refractivity contribution is -0.144. The minimum atomic E-state index is -0.198. The van der Waals surface area contributed by atoms with Crippen molar-refractivity contribution in [1.82, 2.24) is 9.88 Å². The number of carbonyl (C=O) groups excluding carboxylic acids is 1. The Morgan fingerprint density at radius 2 is 2.28 bits per heavy atom. The van der Waals surface area contributed by atoms with Gasteiger partial charge in [0.05, 0.1) is 18.2 Å². The number of aromatic nitrogens is 1. The van der Waals surface area contributed by atoms with Crippen LogP contribution in [0.3, 0.4) is 0 Å². The van der Waals surface area contributed by atoms with E-state index < -0.39 is 0 Å². The molecular weight excluding hydrogens is 252 g/mol. The van der Waals surface area contributed by atoms with Crippen LogP contribution in [0.5, 0.6) is 0 Å². The molecule has 0 N–H and O–H groups in total. The lowest BCUT2D eigenvalue weighted by Gasteiger charge is -2.21. The number of esters is 1. The van der Waals surface area contributed by atoms with Crippen molar-refractivity contribution in [2.45, 2.75) is 26.8 Å². The third-order valence-electron chi connectivity index (χ3n) is 2.45. The third-order valence-corrected chi connectivity index (χ3v) is 2.79. The van der Waals surface area contributed by atoms with E-state index in [1.165, 1.54) is 0 Å². The fraction of sp³-hybridized carbons (Fsp3) is 0.538. The highest BCUT2D eigenvalue weighted by molar-refractivity contribution is 6.31. The molecule has 1 heterocycles. The monoisotopic (exact) mass is 270 g/mol. The van der Waals surface area contributed by atoms with Crippen LogP contribution in [0, 0.1) is 0 Å². The van der Waals surface area contributed by atoms with E-state index in [4.69, 9.17) is 16.3 Å². The van der Waals surface area contributed by atoms with Gasteiger partial charge in [0.25, 0.3) is 0 Å². The summed E-state index contributed by atoms with van der Waals surface area (Å²) in [4.78, 5) is 17.5. The fourth-order valence-electron chi connectivity index (χ4n) is 1.69. The Balaban J connectivity index is 2.62. The van der Waals surface area contributed by atoms with Crippen LogP contribution in [0.15, 0.2) is 18.5 Å². The summed E-state index contributed by atoms with van der Waals surface area (Å²) in [6.45, 7) is 6.05. The smallest absolute Gasteiger partial charge is 0.320 e. The molecule has 0 aliphatic rings. The molecule has 0 spiro atoms. The van der Waals surface area contributed by atoms with Crippen LogP contribution in [0.2, 0.25) is 5.02 Å². The molecule has 1 rings (SSSR count). The maximum absolute atomic E-state index is 11.5. The van der Waals surface area contributed by atoms with Crippen molar-refractivity contribution in [3.63, 3.8) is 0 Å². The zero-order valence-electron chi connectivity index (χ0n) is 10.9. The van der Waals surface area contributed by atoms with E-state index in [-0.39, 0.29) is 5.97 Å².